The van der Waals surface area contributed by atoms with Gasteiger partial charge in [0.05, 0.1) is 17.2 Å². The fourth-order valence-electron chi connectivity index (χ4n) is 2.66. The topological polar surface area (TPSA) is 36.4 Å². The van der Waals surface area contributed by atoms with Gasteiger partial charge in [-0.1, -0.05) is 39.0 Å². The first-order chi connectivity index (χ1) is 8.93. The van der Waals surface area contributed by atoms with Gasteiger partial charge in [0.15, 0.2) is 5.13 Å². The summed E-state index contributed by atoms with van der Waals surface area (Å²) in [5.74, 6) is 0.385. The van der Waals surface area contributed by atoms with Crippen LogP contribution in [0.3, 0.4) is 0 Å². The van der Waals surface area contributed by atoms with Crippen LogP contribution in [0.2, 0.25) is 0 Å². The van der Waals surface area contributed by atoms with Gasteiger partial charge in [-0.05, 0) is 30.6 Å². The van der Waals surface area contributed by atoms with E-state index in [4.69, 9.17) is 4.98 Å². The SMILES string of the molecule is CC(C)c1nc(N2CCCC(C)(C)CC2)sc1CO. The normalized spacial score (nSPS) is 19.8. The van der Waals surface area contributed by atoms with Crippen molar-refractivity contribution in [2.45, 2.75) is 59.5 Å². The van der Waals surface area contributed by atoms with Crippen LogP contribution < -0.4 is 4.90 Å². The molecule has 3 nitrogen and oxygen atoms in total. The summed E-state index contributed by atoms with van der Waals surface area (Å²) in [7, 11) is 0. The minimum Gasteiger partial charge on any atom is -0.391 e. The Kier molecular flexibility index (Phi) is 4.51. The molecule has 0 unspecified atom stereocenters. The highest BCUT2D eigenvalue weighted by Crippen LogP contribution is 2.35. The second-order valence-electron chi connectivity index (χ2n) is 6.62. The molecule has 0 bridgehead atoms. The molecule has 2 rings (SSSR count). The summed E-state index contributed by atoms with van der Waals surface area (Å²) in [6.07, 6.45) is 3.74. The average Bonchev–Trinajstić information content (AvgIpc) is 2.69. The number of aliphatic hydroxyl groups excluding tert-OH is 1. The molecule has 1 saturated heterocycles. The number of rotatable bonds is 3. The summed E-state index contributed by atoms with van der Waals surface area (Å²) in [6.45, 7) is 11.3. The molecular formula is C15H26N2OS. The van der Waals surface area contributed by atoms with Gasteiger partial charge >= 0.3 is 0 Å². The van der Waals surface area contributed by atoms with E-state index in [1.807, 2.05) is 0 Å². The van der Waals surface area contributed by atoms with Gasteiger partial charge in [0.2, 0.25) is 0 Å². The monoisotopic (exact) mass is 282 g/mol. The van der Waals surface area contributed by atoms with Crippen LogP contribution >= 0.6 is 11.3 Å². The second-order valence-corrected chi connectivity index (χ2v) is 7.68. The van der Waals surface area contributed by atoms with Crippen molar-refractivity contribution in [1.82, 2.24) is 4.98 Å². The molecule has 0 aliphatic carbocycles. The van der Waals surface area contributed by atoms with Crippen LogP contribution in [0.5, 0.6) is 0 Å². The molecule has 4 heteroatoms. The standard InChI is InChI=1S/C15H26N2OS/c1-11(2)13-12(10-18)19-14(16-13)17-8-5-6-15(3,4)7-9-17/h11,18H,5-10H2,1-4H3. The minimum atomic E-state index is 0.116. The number of aromatic nitrogens is 1. The highest BCUT2D eigenvalue weighted by atomic mass is 32.1. The van der Waals surface area contributed by atoms with Crippen molar-refractivity contribution in [3.05, 3.63) is 10.6 Å². The van der Waals surface area contributed by atoms with E-state index in [9.17, 15) is 5.11 Å². The van der Waals surface area contributed by atoms with Crippen LogP contribution in [0, 0.1) is 5.41 Å². The highest BCUT2D eigenvalue weighted by Gasteiger charge is 2.25. The maximum atomic E-state index is 9.47. The van der Waals surface area contributed by atoms with Gasteiger partial charge < -0.3 is 10.0 Å². The van der Waals surface area contributed by atoms with Gasteiger partial charge in [-0.15, -0.1) is 0 Å². The van der Waals surface area contributed by atoms with Gasteiger partial charge in [-0.2, -0.15) is 0 Å². The molecule has 0 atom stereocenters. The van der Waals surface area contributed by atoms with Crippen LogP contribution in [-0.4, -0.2) is 23.2 Å². The number of thiazole rings is 1. The van der Waals surface area contributed by atoms with E-state index >= 15 is 0 Å². The van der Waals surface area contributed by atoms with Crippen molar-refractivity contribution in [2.24, 2.45) is 5.41 Å². The van der Waals surface area contributed by atoms with Gasteiger partial charge in [0.1, 0.15) is 0 Å². The third-order valence-electron chi connectivity index (χ3n) is 4.02. The summed E-state index contributed by atoms with van der Waals surface area (Å²) in [5.41, 5.74) is 1.53. The number of aliphatic hydroxyl groups is 1. The summed E-state index contributed by atoms with van der Waals surface area (Å²) in [4.78, 5) is 8.22. The molecule has 1 N–H and O–H groups in total. The van der Waals surface area contributed by atoms with Crippen molar-refractivity contribution >= 4 is 16.5 Å². The minimum absolute atomic E-state index is 0.116. The smallest absolute Gasteiger partial charge is 0.185 e. The Morgan fingerprint density at radius 2 is 2.05 bits per heavy atom. The van der Waals surface area contributed by atoms with E-state index in [0.29, 0.717) is 11.3 Å². The Hall–Kier alpha value is -0.610. The van der Waals surface area contributed by atoms with Crippen LogP contribution in [0.25, 0.3) is 0 Å². The number of hydrogen-bond donors (Lipinski definition) is 1. The zero-order chi connectivity index (χ0) is 14.0. The Morgan fingerprint density at radius 3 is 2.63 bits per heavy atom. The van der Waals surface area contributed by atoms with Crippen LogP contribution in [0.4, 0.5) is 5.13 Å². The molecule has 1 aromatic rings. The first kappa shape index (κ1) is 14.8. The summed E-state index contributed by atoms with van der Waals surface area (Å²) < 4.78 is 0. The van der Waals surface area contributed by atoms with Gasteiger partial charge in [-0.25, -0.2) is 4.98 Å². The van der Waals surface area contributed by atoms with Crippen molar-refractivity contribution in [3.63, 3.8) is 0 Å². The Labute approximate surface area is 120 Å². The molecule has 0 radical (unpaired) electrons. The zero-order valence-corrected chi connectivity index (χ0v) is 13.4. The second kappa shape index (κ2) is 5.80. The van der Waals surface area contributed by atoms with E-state index in [-0.39, 0.29) is 6.61 Å². The Bertz CT molecular complexity index is 426. The summed E-state index contributed by atoms with van der Waals surface area (Å²) >= 11 is 1.67. The molecule has 0 spiro atoms. The van der Waals surface area contributed by atoms with Crippen LogP contribution in [0.1, 0.15) is 63.4 Å². The molecule has 0 aromatic carbocycles. The number of nitrogens with zero attached hydrogens (tertiary/aromatic N) is 2. The predicted molar refractivity (Wildman–Crippen MR) is 82.0 cm³/mol. The Balaban J connectivity index is 2.17. The molecule has 0 amide bonds. The van der Waals surface area contributed by atoms with Gasteiger partial charge in [0, 0.05) is 13.1 Å². The van der Waals surface area contributed by atoms with Crippen LogP contribution in [-0.2, 0) is 6.61 Å². The van der Waals surface area contributed by atoms with Crippen molar-refractivity contribution in [1.29, 1.82) is 0 Å². The molecule has 19 heavy (non-hydrogen) atoms. The van der Waals surface area contributed by atoms with E-state index in [1.165, 1.54) is 19.3 Å². The molecule has 1 aromatic heterocycles. The van der Waals surface area contributed by atoms with E-state index in [2.05, 4.69) is 32.6 Å². The number of anilines is 1. The lowest BCUT2D eigenvalue weighted by molar-refractivity contribution is 0.283. The van der Waals surface area contributed by atoms with Crippen molar-refractivity contribution < 1.29 is 5.11 Å². The molecule has 0 saturated carbocycles. The maximum Gasteiger partial charge on any atom is 0.185 e. The molecule has 1 aliphatic heterocycles. The summed E-state index contributed by atoms with van der Waals surface area (Å²) in [5, 5.41) is 10.6. The molecule has 2 heterocycles. The fraction of sp³-hybridized carbons (Fsp3) is 0.800. The third-order valence-corrected chi connectivity index (χ3v) is 5.13. The molecule has 1 aliphatic rings. The van der Waals surface area contributed by atoms with Crippen LogP contribution in [0.15, 0.2) is 0 Å². The quantitative estimate of drug-likeness (QED) is 0.916. The first-order valence-corrected chi connectivity index (χ1v) is 8.10. The zero-order valence-electron chi connectivity index (χ0n) is 12.6. The molecule has 1 fully saturated rings. The van der Waals surface area contributed by atoms with E-state index in [1.54, 1.807) is 11.3 Å². The lowest BCUT2D eigenvalue weighted by Crippen LogP contribution is -2.24. The third kappa shape index (κ3) is 3.48. The van der Waals surface area contributed by atoms with Gasteiger partial charge in [0.25, 0.3) is 0 Å². The lowest BCUT2D eigenvalue weighted by atomic mass is 9.85. The lowest BCUT2D eigenvalue weighted by Gasteiger charge is -2.23. The number of hydrogen-bond acceptors (Lipinski definition) is 4. The predicted octanol–water partition coefficient (Wildman–Crippen LogP) is 3.78. The highest BCUT2D eigenvalue weighted by molar-refractivity contribution is 7.15. The van der Waals surface area contributed by atoms with Crippen molar-refractivity contribution in [2.75, 3.05) is 18.0 Å². The van der Waals surface area contributed by atoms with E-state index in [0.717, 1.165) is 28.8 Å². The molecule has 108 valence electrons. The average molecular weight is 282 g/mol. The van der Waals surface area contributed by atoms with Gasteiger partial charge in [-0.3, -0.25) is 0 Å². The Morgan fingerprint density at radius 1 is 1.32 bits per heavy atom. The fourth-order valence-corrected chi connectivity index (χ4v) is 3.79. The van der Waals surface area contributed by atoms with E-state index < -0.39 is 0 Å². The molecular weight excluding hydrogens is 256 g/mol. The largest absolute Gasteiger partial charge is 0.391 e. The van der Waals surface area contributed by atoms with Crippen molar-refractivity contribution in [3.8, 4) is 0 Å². The first-order valence-electron chi connectivity index (χ1n) is 7.28. The maximum absolute atomic E-state index is 9.47. The summed E-state index contributed by atoms with van der Waals surface area (Å²) in [6, 6.07) is 0.